The fourth-order valence-corrected chi connectivity index (χ4v) is 0.842. The van der Waals surface area contributed by atoms with Gasteiger partial charge >= 0.3 is 5.97 Å². The van der Waals surface area contributed by atoms with Crippen molar-refractivity contribution in [3.8, 4) is 0 Å². The Kier molecular flexibility index (Phi) is 2.38. The summed E-state index contributed by atoms with van der Waals surface area (Å²) in [6.45, 7) is 0. The molecule has 0 saturated carbocycles. The molecule has 0 aliphatic heterocycles. The van der Waals surface area contributed by atoms with Gasteiger partial charge in [0, 0.05) is 6.20 Å². The van der Waals surface area contributed by atoms with E-state index >= 15 is 0 Å². The van der Waals surface area contributed by atoms with Crippen LogP contribution in [0.4, 0.5) is 0 Å². The van der Waals surface area contributed by atoms with Crippen molar-refractivity contribution in [2.75, 3.05) is 7.11 Å². The number of nitrogens with zero attached hydrogens (tertiary/aromatic N) is 1. The second-order valence-corrected chi connectivity index (χ2v) is 2.29. The minimum atomic E-state index is -0.390. The minimum Gasteiger partial charge on any atom is -0.760 e. The summed E-state index contributed by atoms with van der Waals surface area (Å²) in [5, 5.41) is 0.396. The van der Waals surface area contributed by atoms with Crippen LogP contribution in [0.5, 0.6) is 0 Å². The zero-order chi connectivity index (χ0) is 8.27. The van der Waals surface area contributed by atoms with Gasteiger partial charge in [0.05, 0.1) is 12.7 Å². The molecule has 0 aromatic carbocycles. The van der Waals surface area contributed by atoms with Gasteiger partial charge in [-0.2, -0.15) is 0 Å². The monoisotopic (exact) mass is 168 g/mol. The third-order valence-corrected chi connectivity index (χ3v) is 1.38. The highest BCUT2D eigenvalue weighted by molar-refractivity contribution is 7.58. The Labute approximate surface area is 69.8 Å². The summed E-state index contributed by atoms with van der Waals surface area (Å²) in [6, 6.07) is 3.06. The zero-order valence-electron chi connectivity index (χ0n) is 5.90. The fraction of sp³-hybridized carbons (Fsp3) is 0.143. The molecule has 0 bridgehead atoms. The van der Waals surface area contributed by atoms with E-state index in [1.807, 2.05) is 0 Å². The van der Waals surface area contributed by atoms with E-state index in [1.54, 1.807) is 6.07 Å². The van der Waals surface area contributed by atoms with Crippen molar-refractivity contribution in [1.29, 1.82) is 0 Å². The highest BCUT2D eigenvalue weighted by atomic mass is 32.1. The predicted molar refractivity (Wildman–Crippen MR) is 41.2 cm³/mol. The fourth-order valence-electron chi connectivity index (χ4n) is 0.654. The van der Waals surface area contributed by atoms with E-state index in [9.17, 15) is 4.79 Å². The first-order valence-electron chi connectivity index (χ1n) is 2.95. The topological polar surface area (TPSA) is 39.2 Å². The van der Waals surface area contributed by atoms with Crippen molar-refractivity contribution in [2.24, 2.45) is 0 Å². The van der Waals surface area contributed by atoms with Crippen LogP contribution < -0.4 is 0 Å². The van der Waals surface area contributed by atoms with E-state index in [0.29, 0.717) is 10.6 Å². The van der Waals surface area contributed by atoms with Crippen molar-refractivity contribution >= 4 is 18.6 Å². The van der Waals surface area contributed by atoms with Gasteiger partial charge in [-0.3, -0.25) is 4.98 Å². The first-order chi connectivity index (χ1) is 5.24. The number of rotatable bonds is 1. The van der Waals surface area contributed by atoms with Crippen LogP contribution in [0.25, 0.3) is 0 Å². The van der Waals surface area contributed by atoms with E-state index < -0.39 is 5.97 Å². The largest absolute Gasteiger partial charge is 0.760 e. The van der Waals surface area contributed by atoms with Crippen LogP contribution in [0.1, 0.15) is 10.4 Å². The Bertz CT molecular complexity index is 275. The van der Waals surface area contributed by atoms with E-state index in [1.165, 1.54) is 19.4 Å². The van der Waals surface area contributed by atoms with Crippen LogP contribution >= 0.6 is 0 Å². The van der Waals surface area contributed by atoms with Crippen LogP contribution in [0, 0.1) is 0 Å². The van der Waals surface area contributed by atoms with Gasteiger partial charge in [0.1, 0.15) is 0 Å². The molecule has 1 heterocycles. The summed E-state index contributed by atoms with van der Waals surface area (Å²) in [5.74, 6) is -0.390. The summed E-state index contributed by atoms with van der Waals surface area (Å²) in [7, 11) is 1.33. The Morgan fingerprint density at radius 3 is 3.00 bits per heavy atom. The van der Waals surface area contributed by atoms with E-state index in [-0.39, 0.29) is 0 Å². The van der Waals surface area contributed by atoms with Gasteiger partial charge in [-0.1, -0.05) is 5.03 Å². The molecule has 0 amide bonds. The average Bonchev–Trinajstić information content (AvgIpc) is 2.03. The molecule has 0 N–H and O–H groups in total. The van der Waals surface area contributed by atoms with Gasteiger partial charge in [-0.05, 0) is 12.1 Å². The number of pyridine rings is 1. The lowest BCUT2D eigenvalue weighted by molar-refractivity contribution is 0.0600. The molecule has 4 heteroatoms. The summed E-state index contributed by atoms with van der Waals surface area (Å²) >= 11 is 4.75. The molecule has 0 atom stereocenters. The van der Waals surface area contributed by atoms with Gasteiger partial charge in [0.2, 0.25) is 0 Å². The molecule has 0 fully saturated rings. The van der Waals surface area contributed by atoms with Gasteiger partial charge in [0.15, 0.2) is 0 Å². The SMILES string of the molecule is COC(=O)c1ccnc([S-])c1. The van der Waals surface area contributed by atoms with Gasteiger partial charge in [0.25, 0.3) is 0 Å². The van der Waals surface area contributed by atoms with Crippen LogP contribution in [-0.2, 0) is 17.4 Å². The highest BCUT2D eigenvalue weighted by Crippen LogP contribution is 2.01. The second kappa shape index (κ2) is 3.30. The Morgan fingerprint density at radius 2 is 2.45 bits per heavy atom. The normalized spacial score (nSPS) is 9.18. The summed E-state index contributed by atoms with van der Waals surface area (Å²) < 4.78 is 4.48. The quantitative estimate of drug-likeness (QED) is 0.458. The van der Waals surface area contributed by atoms with Crippen LogP contribution in [-0.4, -0.2) is 18.1 Å². The zero-order valence-corrected chi connectivity index (χ0v) is 6.72. The molecule has 11 heavy (non-hydrogen) atoms. The molecule has 1 rings (SSSR count). The van der Waals surface area contributed by atoms with Gasteiger partial charge < -0.3 is 17.4 Å². The molecular formula is C7H6NO2S-. The number of aromatic nitrogens is 1. The van der Waals surface area contributed by atoms with Crippen LogP contribution in [0.3, 0.4) is 0 Å². The lowest BCUT2D eigenvalue weighted by Gasteiger charge is -2.04. The Balaban J connectivity index is 2.96. The molecule has 1 aromatic rings. The predicted octanol–water partition coefficient (Wildman–Crippen LogP) is 0.774. The van der Waals surface area contributed by atoms with Crippen LogP contribution in [0.15, 0.2) is 23.4 Å². The molecule has 0 saturated heterocycles. The van der Waals surface area contributed by atoms with Crippen molar-refractivity contribution < 1.29 is 9.53 Å². The smallest absolute Gasteiger partial charge is 0.337 e. The Morgan fingerprint density at radius 1 is 1.73 bits per heavy atom. The number of carbonyl (C=O) groups excluding carboxylic acids is 1. The number of esters is 1. The first kappa shape index (κ1) is 7.94. The number of hydrogen-bond acceptors (Lipinski definition) is 4. The number of ether oxygens (including phenoxy) is 1. The van der Waals surface area contributed by atoms with Crippen LogP contribution in [0.2, 0.25) is 0 Å². The average molecular weight is 168 g/mol. The van der Waals surface area contributed by atoms with Crippen molar-refractivity contribution in [2.45, 2.75) is 5.03 Å². The summed E-state index contributed by atoms with van der Waals surface area (Å²) in [5.41, 5.74) is 0.438. The number of carbonyl (C=O) groups is 1. The molecule has 1 aromatic heterocycles. The third kappa shape index (κ3) is 1.88. The maximum atomic E-state index is 10.9. The first-order valence-corrected chi connectivity index (χ1v) is 3.36. The van der Waals surface area contributed by atoms with Crippen molar-refractivity contribution in [1.82, 2.24) is 4.98 Å². The summed E-state index contributed by atoms with van der Waals surface area (Å²) in [4.78, 5) is 14.6. The molecule has 0 aliphatic rings. The van der Waals surface area contributed by atoms with Gasteiger partial charge in [-0.25, -0.2) is 4.79 Å². The number of hydrogen-bond donors (Lipinski definition) is 0. The molecule has 3 nitrogen and oxygen atoms in total. The summed E-state index contributed by atoms with van der Waals surface area (Å²) in [6.07, 6.45) is 1.48. The molecular weight excluding hydrogens is 162 g/mol. The second-order valence-electron chi connectivity index (χ2n) is 1.87. The maximum absolute atomic E-state index is 10.9. The molecule has 0 spiro atoms. The van der Waals surface area contributed by atoms with E-state index in [0.717, 1.165) is 0 Å². The minimum absolute atomic E-state index is 0.390. The lowest BCUT2D eigenvalue weighted by Crippen LogP contribution is -2.01. The van der Waals surface area contributed by atoms with Crippen molar-refractivity contribution in [3.63, 3.8) is 0 Å². The Hall–Kier alpha value is -1.16. The molecule has 0 aliphatic carbocycles. The molecule has 0 unspecified atom stereocenters. The third-order valence-electron chi connectivity index (χ3n) is 1.16. The van der Waals surface area contributed by atoms with E-state index in [2.05, 4.69) is 9.72 Å². The van der Waals surface area contributed by atoms with Gasteiger partial charge in [-0.15, -0.1) is 0 Å². The maximum Gasteiger partial charge on any atom is 0.337 e. The lowest BCUT2D eigenvalue weighted by atomic mass is 10.3. The molecule has 0 radical (unpaired) electrons. The van der Waals surface area contributed by atoms with Crippen molar-refractivity contribution in [3.05, 3.63) is 23.9 Å². The van der Waals surface area contributed by atoms with E-state index in [4.69, 9.17) is 12.6 Å². The highest BCUT2D eigenvalue weighted by Gasteiger charge is 2.01. The standard InChI is InChI=1S/C7H7NO2S/c1-10-7(9)5-2-3-8-6(11)4-5/h2-4H,1H3,(H,8,11)/p-1. The molecule has 58 valence electrons. The number of methoxy groups -OCH3 is 1.